The average Bonchev–Trinajstić information content (AvgIpc) is 2.71. The highest BCUT2D eigenvalue weighted by atomic mass is 35.5. The van der Waals surface area contributed by atoms with E-state index in [2.05, 4.69) is 12.2 Å². The number of nitrogens with zero attached hydrogens (tertiary/aromatic N) is 1. The minimum atomic E-state index is -0.553. The molecule has 156 valence electrons. The van der Waals surface area contributed by atoms with Crippen molar-refractivity contribution in [2.24, 2.45) is 0 Å². The van der Waals surface area contributed by atoms with Crippen LogP contribution in [-0.4, -0.2) is 29.3 Å². The summed E-state index contributed by atoms with van der Waals surface area (Å²) in [6.07, 6.45) is 2.62. The highest BCUT2D eigenvalue weighted by molar-refractivity contribution is 6.31. The van der Waals surface area contributed by atoms with Gasteiger partial charge in [-0.25, -0.2) is 0 Å². The minimum absolute atomic E-state index is 0.121. The molecular formula is C23H28Cl2N2O2. The predicted octanol–water partition coefficient (Wildman–Crippen LogP) is 5.26. The number of rotatable bonds is 10. The molecule has 0 spiro atoms. The summed E-state index contributed by atoms with van der Waals surface area (Å²) in [6, 6.07) is 14.0. The van der Waals surface area contributed by atoms with Crippen molar-refractivity contribution in [3.8, 4) is 0 Å². The molecule has 1 atom stereocenters. The normalized spacial score (nSPS) is 11.7. The summed E-state index contributed by atoms with van der Waals surface area (Å²) in [5.74, 6) is -0.248. The van der Waals surface area contributed by atoms with Gasteiger partial charge in [0.2, 0.25) is 11.8 Å². The van der Waals surface area contributed by atoms with Crippen molar-refractivity contribution < 1.29 is 9.59 Å². The van der Waals surface area contributed by atoms with Crippen LogP contribution in [0.1, 0.15) is 44.2 Å². The van der Waals surface area contributed by atoms with E-state index in [1.165, 1.54) is 0 Å². The fourth-order valence-electron chi connectivity index (χ4n) is 3.11. The zero-order valence-corrected chi connectivity index (χ0v) is 18.5. The maximum absolute atomic E-state index is 13.2. The van der Waals surface area contributed by atoms with Crippen molar-refractivity contribution in [2.75, 3.05) is 6.54 Å². The molecule has 2 amide bonds. The minimum Gasteiger partial charge on any atom is -0.354 e. The molecule has 0 unspecified atom stereocenters. The van der Waals surface area contributed by atoms with Crippen LogP contribution in [0.15, 0.2) is 48.5 Å². The third-order valence-electron chi connectivity index (χ3n) is 4.78. The van der Waals surface area contributed by atoms with Gasteiger partial charge in [-0.15, -0.1) is 0 Å². The van der Waals surface area contributed by atoms with Gasteiger partial charge in [0.1, 0.15) is 6.04 Å². The molecule has 0 aromatic heterocycles. The third kappa shape index (κ3) is 7.06. The number of amides is 2. The van der Waals surface area contributed by atoms with Gasteiger partial charge in [-0.3, -0.25) is 9.59 Å². The molecule has 0 saturated carbocycles. The number of carbonyl (C=O) groups is 2. The summed E-state index contributed by atoms with van der Waals surface area (Å²) < 4.78 is 0. The molecule has 0 bridgehead atoms. The zero-order valence-electron chi connectivity index (χ0n) is 17.0. The highest BCUT2D eigenvalue weighted by Crippen LogP contribution is 2.21. The van der Waals surface area contributed by atoms with Crippen LogP contribution in [0.4, 0.5) is 0 Å². The van der Waals surface area contributed by atoms with Gasteiger partial charge in [0, 0.05) is 23.1 Å². The van der Waals surface area contributed by atoms with Crippen molar-refractivity contribution in [1.29, 1.82) is 0 Å². The molecule has 0 heterocycles. The number of benzene rings is 2. The Bertz CT molecular complexity index is 809. The summed E-state index contributed by atoms with van der Waals surface area (Å²) >= 11 is 12.3. The molecule has 0 aliphatic carbocycles. The Hall–Kier alpha value is -2.04. The Morgan fingerprint density at radius 3 is 2.34 bits per heavy atom. The molecule has 2 aromatic rings. The number of carbonyl (C=O) groups excluding carboxylic acids is 2. The van der Waals surface area contributed by atoms with Gasteiger partial charge in [0.05, 0.1) is 6.42 Å². The lowest BCUT2D eigenvalue weighted by atomic mass is 10.1. The number of nitrogens with one attached hydrogen (secondary N) is 1. The number of halogens is 2. The lowest BCUT2D eigenvalue weighted by Gasteiger charge is -2.31. The SMILES string of the molecule is CCCCNC(=O)[C@@H](CC)N(Cc1ccccc1Cl)C(=O)Cc1ccc(Cl)cc1. The number of hydrogen-bond acceptors (Lipinski definition) is 2. The second kappa shape index (κ2) is 11.8. The van der Waals surface area contributed by atoms with Gasteiger partial charge < -0.3 is 10.2 Å². The first kappa shape index (κ1) is 23.2. The Labute approximate surface area is 183 Å². The molecule has 29 heavy (non-hydrogen) atoms. The molecule has 4 nitrogen and oxygen atoms in total. The Morgan fingerprint density at radius 1 is 1.03 bits per heavy atom. The van der Waals surface area contributed by atoms with Crippen molar-refractivity contribution in [1.82, 2.24) is 10.2 Å². The summed E-state index contributed by atoms with van der Waals surface area (Å²) in [5, 5.41) is 4.16. The van der Waals surface area contributed by atoms with E-state index in [1.807, 2.05) is 37.3 Å². The van der Waals surface area contributed by atoms with E-state index in [-0.39, 0.29) is 24.8 Å². The Kier molecular flexibility index (Phi) is 9.49. The second-order valence-corrected chi connectivity index (χ2v) is 7.83. The van der Waals surface area contributed by atoms with Gasteiger partial charge >= 0.3 is 0 Å². The summed E-state index contributed by atoms with van der Waals surface area (Å²) in [4.78, 5) is 27.7. The average molecular weight is 435 g/mol. The Morgan fingerprint density at radius 2 is 1.72 bits per heavy atom. The van der Waals surface area contributed by atoms with Crippen LogP contribution < -0.4 is 5.32 Å². The van der Waals surface area contributed by atoms with Gasteiger partial charge in [0.15, 0.2) is 0 Å². The van der Waals surface area contributed by atoms with E-state index in [1.54, 1.807) is 23.1 Å². The van der Waals surface area contributed by atoms with Crippen molar-refractivity contribution in [3.05, 3.63) is 69.7 Å². The largest absolute Gasteiger partial charge is 0.354 e. The van der Waals surface area contributed by atoms with E-state index in [0.29, 0.717) is 23.0 Å². The maximum atomic E-state index is 13.2. The van der Waals surface area contributed by atoms with Crippen molar-refractivity contribution >= 4 is 35.0 Å². The van der Waals surface area contributed by atoms with Crippen LogP contribution in [0.3, 0.4) is 0 Å². The van der Waals surface area contributed by atoms with Crippen LogP contribution in [0.25, 0.3) is 0 Å². The first-order valence-corrected chi connectivity index (χ1v) is 10.8. The van der Waals surface area contributed by atoms with Crippen LogP contribution in [0.5, 0.6) is 0 Å². The summed E-state index contributed by atoms with van der Waals surface area (Å²) in [5.41, 5.74) is 1.67. The summed E-state index contributed by atoms with van der Waals surface area (Å²) in [7, 11) is 0. The quantitative estimate of drug-likeness (QED) is 0.518. The van der Waals surface area contributed by atoms with E-state index in [0.717, 1.165) is 24.0 Å². The van der Waals surface area contributed by atoms with Crippen LogP contribution in [-0.2, 0) is 22.6 Å². The maximum Gasteiger partial charge on any atom is 0.242 e. The van der Waals surface area contributed by atoms with E-state index in [9.17, 15) is 9.59 Å². The second-order valence-electron chi connectivity index (χ2n) is 6.98. The molecule has 0 aliphatic rings. The predicted molar refractivity (Wildman–Crippen MR) is 119 cm³/mol. The molecule has 0 fully saturated rings. The lowest BCUT2D eigenvalue weighted by Crippen LogP contribution is -2.49. The topological polar surface area (TPSA) is 49.4 Å². The number of hydrogen-bond donors (Lipinski definition) is 1. The Balaban J connectivity index is 2.25. The van der Waals surface area contributed by atoms with Gasteiger partial charge in [-0.2, -0.15) is 0 Å². The zero-order chi connectivity index (χ0) is 21.2. The van der Waals surface area contributed by atoms with E-state index < -0.39 is 6.04 Å². The highest BCUT2D eigenvalue weighted by Gasteiger charge is 2.28. The fourth-order valence-corrected chi connectivity index (χ4v) is 3.44. The monoisotopic (exact) mass is 434 g/mol. The molecule has 6 heteroatoms. The first-order valence-electron chi connectivity index (χ1n) is 10.0. The molecule has 0 aliphatic heterocycles. The van der Waals surface area contributed by atoms with Crippen LogP contribution in [0.2, 0.25) is 10.0 Å². The number of unbranched alkanes of at least 4 members (excludes halogenated alkanes) is 1. The smallest absolute Gasteiger partial charge is 0.242 e. The fraction of sp³-hybridized carbons (Fsp3) is 0.391. The molecule has 0 radical (unpaired) electrons. The lowest BCUT2D eigenvalue weighted by molar-refractivity contribution is -0.140. The van der Waals surface area contributed by atoms with Gasteiger partial charge in [0.25, 0.3) is 0 Å². The summed E-state index contributed by atoms with van der Waals surface area (Å²) in [6.45, 7) is 4.88. The first-order chi connectivity index (χ1) is 14.0. The molecular weight excluding hydrogens is 407 g/mol. The molecule has 2 aromatic carbocycles. The van der Waals surface area contributed by atoms with E-state index in [4.69, 9.17) is 23.2 Å². The van der Waals surface area contributed by atoms with Crippen molar-refractivity contribution in [3.63, 3.8) is 0 Å². The van der Waals surface area contributed by atoms with Crippen LogP contribution >= 0.6 is 23.2 Å². The van der Waals surface area contributed by atoms with Gasteiger partial charge in [-0.1, -0.05) is 73.8 Å². The standard InChI is InChI=1S/C23H28Cl2N2O2/c1-3-5-14-26-23(29)21(4-2)27(16-18-8-6-7-9-20(18)25)22(28)15-17-10-12-19(24)13-11-17/h6-13,21H,3-5,14-16H2,1-2H3,(H,26,29)/t21-/m1/s1. The van der Waals surface area contributed by atoms with Crippen LogP contribution in [0, 0.1) is 0 Å². The van der Waals surface area contributed by atoms with Gasteiger partial charge in [-0.05, 0) is 42.2 Å². The van der Waals surface area contributed by atoms with Crippen molar-refractivity contribution in [2.45, 2.75) is 52.1 Å². The third-order valence-corrected chi connectivity index (χ3v) is 5.40. The molecule has 2 rings (SSSR count). The van der Waals surface area contributed by atoms with E-state index >= 15 is 0 Å². The molecule has 0 saturated heterocycles. The molecule has 1 N–H and O–H groups in total.